The molecule has 152 valence electrons. The third-order valence-corrected chi connectivity index (χ3v) is 4.88. The van der Waals surface area contributed by atoms with Crippen LogP contribution in [0.2, 0.25) is 10.0 Å². The molecule has 0 fully saturated rings. The summed E-state index contributed by atoms with van der Waals surface area (Å²) >= 11 is 12.4. The lowest BCUT2D eigenvalue weighted by molar-refractivity contribution is 0.269. The maximum absolute atomic E-state index is 13.0. The molecule has 3 aromatic rings. The lowest BCUT2D eigenvalue weighted by atomic mass is 10.1. The third-order valence-electron chi connectivity index (χ3n) is 4.28. The Kier molecular flexibility index (Phi) is 7.76. The lowest BCUT2D eigenvalue weighted by Gasteiger charge is -2.15. The molecule has 0 aliphatic heterocycles. The van der Waals surface area contributed by atoms with Gasteiger partial charge >= 0.3 is 0 Å². The van der Waals surface area contributed by atoms with Gasteiger partial charge < -0.3 is 14.8 Å². The quantitative estimate of drug-likeness (QED) is 0.423. The van der Waals surface area contributed by atoms with Crippen molar-refractivity contribution in [3.63, 3.8) is 0 Å². The van der Waals surface area contributed by atoms with Crippen molar-refractivity contribution < 1.29 is 13.9 Å². The number of hydrogen-bond donors (Lipinski definition) is 1. The van der Waals surface area contributed by atoms with Crippen molar-refractivity contribution in [2.24, 2.45) is 0 Å². The molecule has 0 atom stereocenters. The summed E-state index contributed by atoms with van der Waals surface area (Å²) in [5.41, 5.74) is 2.89. The standard InChI is InChI=1S/C23H22Cl2FNO2/c1-2-28-22-11-18(14-27-13-16-5-9-20(26)10-6-16)21(25)12-23(22)29-15-17-3-7-19(24)8-4-17/h3-12,27H,2,13-15H2,1H3. The van der Waals surface area contributed by atoms with Gasteiger partial charge in [-0.25, -0.2) is 4.39 Å². The van der Waals surface area contributed by atoms with E-state index in [0.29, 0.717) is 47.8 Å². The molecule has 0 saturated heterocycles. The van der Waals surface area contributed by atoms with E-state index in [1.165, 1.54) is 12.1 Å². The summed E-state index contributed by atoms with van der Waals surface area (Å²) in [4.78, 5) is 0. The van der Waals surface area contributed by atoms with Crippen LogP contribution < -0.4 is 14.8 Å². The number of benzene rings is 3. The van der Waals surface area contributed by atoms with E-state index < -0.39 is 0 Å². The first-order valence-corrected chi connectivity index (χ1v) is 10.1. The van der Waals surface area contributed by atoms with Gasteiger partial charge in [-0.1, -0.05) is 47.5 Å². The topological polar surface area (TPSA) is 30.5 Å². The Labute approximate surface area is 180 Å². The Morgan fingerprint density at radius 1 is 0.828 bits per heavy atom. The average molecular weight is 434 g/mol. The van der Waals surface area contributed by atoms with Crippen LogP contribution in [0.15, 0.2) is 60.7 Å². The minimum Gasteiger partial charge on any atom is -0.490 e. The van der Waals surface area contributed by atoms with Crippen LogP contribution in [0.4, 0.5) is 4.39 Å². The van der Waals surface area contributed by atoms with Crippen molar-refractivity contribution in [2.45, 2.75) is 26.6 Å². The van der Waals surface area contributed by atoms with Gasteiger partial charge in [0, 0.05) is 29.2 Å². The molecular formula is C23H22Cl2FNO2. The number of ether oxygens (including phenoxy) is 2. The predicted molar refractivity (Wildman–Crippen MR) is 115 cm³/mol. The van der Waals surface area contributed by atoms with E-state index in [1.54, 1.807) is 18.2 Å². The highest BCUT2D eigenvalue weighted by Gasteiger charge is 2.12. The predicted octanol–water partition coefficient (Wildman–Crippen LogP) is 6.40. The van der Waals surface area contributed by atoms with Gasteiger partial charge in [0.25, 0.3) is 0 Å². The van der Waals surface area contributed by atoms with Gasteiger partial charge in [0.15, 0.2) is 11.5 Å². The Morgan fingerprint density at radius 2 is 1.48 bits per heavy atom. The van der Waals surface area contributed by atoms with E-state index in [4.69, 9.17) is 32.7 Å². The molecule has 1 N–H and O–H groups in total. The molecular weight excluding hydrogens is 412 g/mol. The van der Waals surface area contributed by atoms with Crippen molar-refractivity contribution in [3.05, 3.63) is 93.2 Å². The first kappa shape index (κ1) is 21.4. The smallest absolute Gasteiger partial charge is 0.163 e. The molecule has 6 heteroatoms. The molecule has 3 rings (SSSR count). The highest BCUT2D eigenvalue weighted by atomic mass is 35.5. The Balaban J connectivity index is 1.66. The Hall–Kier alpha value is -2.27. The molecule has 29 heavy (non-hydrogen) atoms. The van der Waals surface area contributed by atoms with Crippen LogP contribution in [0.5, 0.6) is 11.5 Å². The molecule has 0 saturated carbocycles. The highest BCUT2D eigenvalue weighted by molar-refractivity contribution is 6.31. The van der Waals surface area contributed by atoms with E-state index in [-0.39, 0.29) is 5.82 Å². The summed E-state index contributed by atoms with van der Waals surface area (Å²) in [6, 6.07) is 17.5. The van der Waals surface area contributed by atoms with E-state index >= 15 is 0 Å². The van der Waals surface area contributed by atoms with Gasteiger partial charge in [-0.3, -0.25) is 0 Å². The Morgan fingerprint density at radius 3 is 2.17 bits per heavy atom. The average Bonchev–Trinajstić information content (AvgIpc) is 2.72. The highest BCUT2D eigenvalue weighted by Crippen LogP contribution is 2.34. The molecule has 0 aromatic heterocycles. The summed E-state index contributed by atoms with van der Waals surface area (Å²) < 4.78 is 24.7. The van der Waals surface area contributed by atoms with Crippen LogP contribution >= 0.6 is 23.2 Å². The maximum atomic E-state index is 13.0. The molecule has 0 bridgehead atoms. The molecule has 0 aliphatic carbocycles. The van der Waals surface area contributed by atoms with E-state index in [2.05, 4.69) is 5.32 Å². The van der Waals surface area contributed by atoms with Crippen LogP contribution in [0.1, 0.15) is 23.6 Å². The second-order valence-corrected chi connectivity index (χ2v) is 7.31. The summed E-state index contributed by atoms with van der Waals surface area (Å²) in [7, 11) is 0. The van der Waals surface area contributed by atoms with E-state index in [1.807, 2.05) is 37.3 Å². The van der Waals surface area contributed by atoms with Crippen LogP contribution in [0.3, 0.4) is 0 Å². The van der Waals surface area contributed by atoms with Gasteiger partial charge in [-0.05, 0) is 53.9 Å². The molecule has 3 nitrogen and oxygen atoms in total. The molecule has 0 aliphatic rings. The number of rotatable bonds is 9. The van der Waals surface area contributed by atoms with Gasteiger partial charge in [0.2, 0.25) is 0 Å². The fraction of sp³-hybridized carbons (Fsp3) is 0.217. The fourth-order valence-corrected chi connectivity index (χ4v) is 3.13. The van der Waals surface area contributed by atoms with Crippen molar-refractivity contribution in [3.8, 4) is 11.5 Å². The zero-order chi connectivity index (χ0) is 20.6. The summed E-state index contributed by atoms with van der Waals surface area (Å²) in [5.74, 6) is 0.992. The second kappa shape index (κ2) is 10.5. The molecule has 0 heterocycles. The summed E-state index contributed by atoms with van der Waals surface area (Å²) in [6.45, 7) is 3.98. The van der Waals surface area contributed by atoms with Gasteiger partial charge in [0.1, 0.15) is 12.4 Å². The van der Waals surface area contributed by atoms with Crippen LogP contribution in [-0.2, 0) is 19.7 Å². The van der Waals surface area contributed by atoms with E-state index in [0.717, 1.165) is 16.7 Å². The largest absolute Gasteiger partial charge is 0.490 e. The normalized spacial score (nSPS) is 10.8. The summed E-state index contributed by atoms with van der Waals surface area (Å²) in [6.07, 6.45) is 0. The van der Waals surface area contributed by atoms with Crippen molar-refractivity contribution in [1.29, 1.82) is 0 Å². The summed E-state index contributed by atoms with van der Waals surface area (Å²) in [5, 5.41) is 4.59. The lowest BCUT2D eigenvalue weighted by Crippen LogP contribution is -2.13. The number of hydrogen-bond acceptors (Lipinski definition) is 3. The van der Waals surface area contributed by atoms with Gasteiger partial charge in [0.05, 0.1) is 6.61 Å². The monoisotopic (exact) mass is 433 g/mol. The Bertz CT molecular complexity index is 931. The molecule has 0 amide bonds. The minimum absolute atomic E-state index is 0.243. The fourth-order valence-electron chi connectivity index (χ4n) is 2.78. The van der Waals surface area contributed by atoms with Crippen molar-refractivity contribution in [1.82, 2.24) is 5.32 Å². The number of nitrogens with one attached hydrogen (secondary N) is 1. The second-order valence-electron chi connectivity index (χ2n) is 6.47. The third kappa shape index (κ3) is 6.36. The van der Waals surface area contributed by atoms with Crippen molar-refractivity contribution in [2.75, 3.05) is 6.61 Å². The van der Waals surface area contributed by atoms with Crippen molar-refractivity contribution >= 4 is 23.2 Å². The molecule has 0 unspecified atom stereocenters. The maximum Gasteiger partial charge on any atom is 0.163 e. The molecule has 0 radical (unpaired) electrons. The molecule has 3 aromatic carbocycles. The zero-order valence-corrected chi connectivity index (χ0v) is 17.6. The van der Waals surface area contributed by atoms with Gasteiger partial charge in [-0.2, -0.15) is 0 Å². The SMILES string of the molecule is CCOc1cc(CNCc2ccc(F)cc2)c(Cl)cc1OCc1ccc(Cl)cc1. The first-order chi connectivity index (χ1) is 14.0. The van der Waals surface area contributed by atoms with E-state index in [9.17, 15) is 4.39 Å². The number of halogens is 3. The van der Waals surface area contributed by atoms with Crippen LogP contribution in [0.25, 0.3) is 0 Å². The van der Waals surface area contributed by atoms with Crippen LogP contribution in [0, 0.1) is 5.82 Å². The van der Waals surface area contributed by atoms with Gasteiger partial charge in [-0.15, -0.1) is 0 Å². The minimum atomic E-state index is -0.243. The van der Waals surface area contributed by atoms with Crippen LogP contribution in [-0.4, -0.2) is 6.61 Å². The molecule has 0 spiro atoms. The first-order valence-electron chi connectivity index (χ1n) is 9.32. The zero-order valence-electron chi connectivity index (χ0n) is 16.1.